The van der Waals surface area contributed by atoms with Crippen LogP contribution in [0.1, 0.15) is 13.3 Å². The highest BCUT2D eigenvalue weighted by Gasteiger charge is 1.75. The van der Waals surface area contributed by atoms with Gasteiger partial charge in [0.2, 0.25) is 0 Å². The van der Waals surface area contributed by atoms with Crippen LogP contribution >= 0.6 is 0 Å². The highest BCUT2D eigenvalue weighted by molar-refractivity contribution is 4.67. The quantitative estimate of drug-likeness (QED) is 0.414. The molecule has 0 aromatic rings. The predicted molar refractivity (Wildman–Crippen MR) is 32.2 cm³/mol. The van der Waals surface area contributed by atoms with Gasteiger partial charge < -0.3 is 17.3 Å². The van der Waals surface area contributed by atoms with Crippen LogP contribution in [-0.2, 0) is 0 Å². The molecule has 0 rings (SSSR count). The molecule has 0 radical (unpaired) electrons. The van der Waals surface area contributed by atoms with Gasteiger partial charge in [-0.1, -0.05) is 6.92 Å². The molecule has 0 heterocycles. The first kappa shape index (κ1) is 10.9. The summed E-state index contributed by atoms with van der Waals surface area (Å²) in [7, 11) is 4.21. The van der Waals surface area contributed by atoms with Gasteiger partial charge in [-0.05, 0) is 12.5 Å². The van der Waals surface area contributed by atoms with Gasteiger partial charge in [0.25, 0.3) is 0 Å². The molecule has 0 aliphatic carbocycles. The molecular formula is C6H14ClN. The molecule has 0 amide bonds. The van der Waals surface area contributed by atoms with Crippen molar-refractivity contribution in [3.63, 3.8) is 0 Å². The predicted octanol–water partition coefficient (Wildman–Crippen LogP) is -2.94. The minimum Gasteiger partial charge on any atom is -1.00 e. The summed E-state index contributed by atoms with van der Waals surface area (Å²) in [5.41, 5.74) is 0. The summed E-state index contributed by atoms with van der Waals surface area (Å²) in [6, 6.07) is 0. The molecule has 1 N–H and O–H groups in total. The van der Waals surface area contributed by atoms with E-state index >= 15 is 0 Å². The van der Waals surface area contributed by atoms with Crippen LogP contribution in [0.2, 0.25) is 0 Å². The summed E-state index contributed by atoms with van der Waals surface area (Å²) in [5, 5.41) is 0. The highest BCUT2D eigenvalue weighted by atomic mass is 35.5. The van der Waals surface area contributed by atoms with Gasteiger partial charge in [-0.2, -0.15) is 0 Å². The molecular weight excluding hydrogens is 122 g/mol. The smallest absolute Gasteiger partial charge is 0.0897 e. The van der Waals surface area contributed by atoms with Crippen molar-refractivity contribution in [2.75, 3.05) is 14.1 Å². The summed E-state index contributed by atoms with van der Waals surface area (Å²) < 4.78 is 0. The fourth-order valence-electron chi connectivity index (χ4n) is 0.354. The van der Waals surface area contributed by atoms with Crippen molar-refractivity contribution in [1.29, 1.82) is 0 Å². The van der Waals surface area contributed by atoms with Crippen molar-refractivity contribution in [1.82, 2.24) is 0 Å². The zero-order valence-corrected chi connectivity index (χ0v) is 6.50. The van der Waals surface area contributed by atoms with Crippen LogP contribution in [0.15, 0.2) is 12.3 Å². The highest BCUT2D eigenvalue weighted by Crippen LogP contribution is 1.70. The van der Waals surface area contributed by atoms with Gasteiger partial charge in [0, 0.05) is 0 Å². The first-order chi connectivity index (χ1) is 3.27. The number of quaternary nitrogens is 1. The van der Waals surface area contributed by atoms with Crippen molar-refractivity contribution < 1.29 is 17.3 Å². The van der Waals surface area contributed by atoms with E-state index in [9.17, 15) is 0 Å². The molecule has 1 nitrogen and oxygen atoms in total. The maximum Gasteiger partial charge on any atom is 0.0897 e. The molecule has 8 heavy (non-hydrogen) atoms. The van der Waals surface area contributed by atoms with E-state index < -0.39 is 0 Å². The second-order valence-electron chi connectivity index (χ2n) is 1.89. The standard InChI is InChI=1S/C6H13N.ClH/c1-4-5-6-7(2)3;/h5-6H,4H2,1-3H3;1H/b6-5+;. The lowest BCUT2D eigenvalue weighted by Gasteiger charge is -1.93. The topological polar surface area (TPSA) is 4.44 Å². The third-order valence-corrected chi connectivity index (χ3v) is 0.687. The summed E-state index contributed by atoms with van der Waals surface area (Å²) in [6.07, 6.45) is 5.44. The zero-order valence-electron chi connectivity index (χ0n) is 5.74. The van der Waals surface area contributed by atoms with Crippen LogP contribution in [0, 0.1) is 0 Å². The van der Waals surface area contributed by atoms with E-state index in [1.54, 1.807) is 0 Å². The molecule has 0 fully saturated rings. The number of allylic oxidation sites excluding steroid dienone is 1. The van der Waals surface area contributed by atoms with Gasteiger partial charge in [0.15, 0.2) is 0 Å². The maximum atomic E-state index is 2.16. The van der Waals surface area contributed by atoms with E-state index in [1.165, 1.54) is 4.90 Å². The fraction of sp³-hybridized carbons (Fsp3) is 0.667. The lowest BCUT2D eigenvalue weighted by atomic mass is 10.5. The molecule has 0 aromatic heterocycles. The van der Waals surface area contributed by atoms with E-state index in [4.69, 9.17) is 0 Å². The van der Waals surface area contributed by atoms with Crippen LogP contribution in [-0.4, -0.2) is 14.1 Å². The number of hydrogen-bond acceptors (Lipinski definition) is 0. The number of nitrogens with one attached hydrogen (secondary N) is 1. The van der Waals surface area contributed by atoms with Gasteiger partial charge in [0.05, 0.1) is 20.3 Å². The van der Waals surface area contributed by atoms with Crippen LogP contribution in [0.5, 0.6) is 0 Å². The monoisotopic (exact) mass is 135 g/mol. The Labute approximate surface area is 57.8 Å². The lowest BCUT2D eigenvalue weighted by molar-refractivity contribution is -0.801. The Morgan fingerprint density at radius 1 is 1.38 bits per heavy atom. The first-order valence-electron chi connectivity index (χ1n) is 2.74. The summed E-state index contributed by atoms with van der Waals surface area (Å²) in [6.45, 7) is 2.14. The number of halogens is 1. The Hall–Kier alpha value is -0.0100. The fourth-order valence-corrected chi connectivity index (χ4v) is 0.354. The minimum absolute atomic E-state index is 0. The van der Waals surface area contributed by atoms with Crippen molar-refractivity contribution in [3.8, 4) is 0 Å². The van der Waals surface area contributed by atoms with Crippen LogP contribution in [0.3, 0.4) is 0 Å². The van der Waals surface area contributed by atoms with Crippen molar-refractivity contribution in [2.45, 2.75) is 13.3 Å². The zero-order chi connectivity index (χ0) is 5.70. The second-order valence-corrected chi connectivity index (χ2v) is 1.89. The van der Waals surface area contributed by atoms with Gasteiger partial charge >= 0.3 is 0 Å². The molecule has 0 aromatic carbocycles. The molecule has 0 saturated heterocycles. The molecule has 50 valence electrons. The Bertz CT molecular complexity index is 59.5. The molecule has 0 atom stereocenters. The molecule has 2 heteroatoms. The molecule has 0 aliphatic heterocycles. The number of hydrogen-bond donors (Lipinski definition) is 1. The normalized spacial score (nSPS) is 10.0. The van der Waals surface area contributed by atoms with Crippen LogP contribution in [0.4, 0.5) is 0 Å². The molecule has 0 saturated carbocycles. The first-order valence-corrected chi connectivity index (χ1v) is 2.74. The Morgan fingerprint density at radius 2 is 1.88 bits per heavy atom. The number of rotatable bonds is 2. The van der Waals surface area contributed by atoms with E-state index in [-0.39, 0.29) is 12.4 Å². The Morgan fingerprint density at radius 3 is 2.00 bits per heavy atom. The van der Waals surface area contributed by atoms with E-state index in [0.717, 1.165) is 6.42 Å². The van der Waals surface area contributed by atoms with Crippen LogP contribution in [0.25, 0.3) is 0 Å². The third kappa shape index (κ3) is 9.37. The van der Waals surface area contributed by atoms with E-state index in [2.05, 4.69) is 33.3 Å². The summed E-state index contributed by atoms with van der Waals surface area (Å²) >= 11 is 0. The van der Waals surface area contributed by atoms with Gasteiger partial charge in [-0.25, -0.2) is 0 Å². The van der Waals surface area contributed by atoms with Crippen molar-refractivity contribution >= 4 is 0 Å². The summed E-state index contributed by atoms with van der Waals surface area (Å²) in [5.74, 6) is 0. The van der Waals surface area contributed by atoms with Gasteiger partial charge in [-0.3, -0.25) is 0 Å². The minimum atomic E-state index is 0. The van der Waals surface area contributed by atoms with E-state index in [1.807, 2.05) is 0 Å². The summed E-state index contributed by atoms with van der Waals surface area (Å²) in [4.78, 5) is 1.38. The Kier molecular flexibility index (Phi) is 9.51. The van der Waals surface area contributed by atoms with Gasteiger partial charge in [0.1, 0.15) is 0 Å². The van der Waals surface area contributed by atoms with Crippen molar-refractivity contribution in [2.24, 2.45) is 0 Å². The molecule has 0 unspecified atom stereocenters. The lowest BCUT2D eigenvalue weighted by Crippen LogP contribution is -3.00. The largest absolute Gasteiger partial charge is 1.00 e. The SMILES string of the molecule is CC/C=C/[NH+](C)C.[Cl-]. The molecule has 0 bridgehead atoms. The second kappa shape index (κ2) is 6.99. The van der Waals surface area contributed by atoms with Crippen molar-refractivity contribution in [3.05, 3.63) is 12.3 Å². The maximum absolute atomic E-state index is 2.16. The Balaban J connectivity index is 0. The molecule has 0 aliphatic rings. The van der Waals surface area contributed by atoms with E-state index in [0.29, 0.717) is 0 Å². The molecule has 0 spiro atoms. The van der Waals surface area contributed by atoms with Gasteiger partial charge in [-0.15, -0.1) is 0 Å². The average molecular weight is 136 g/mol. The van der Waals surface area contributed by atoms with Crippen LogP contribution < -0.4 is 17.3 Å². The third-order valence-electron chi connectivity index (χ3n) is 0.687. The average Bonchev–Trinajstić information content (AvgIpc) is 1.61.